The maximum absolute atomic E-state index is 13.0. The summed E-state index contributed by atoms with van der Waals surface area (Å²) in [6.45, 7) is 1.50. The van der Waals surface area contributed by atoms with Crippen LogP contribution in [0.5, 0.6) is 5.75 Å². The van der Waals surface area contributed by atoms with Crippen molar-refractivity contribution in [3.05, 3.63) is 24.3 Å². The van der Waals surface area contributed by atoms with Crippen LogP contribution in [0.2, 0.25) is 0 Å². The molecule has 1 heterocycles. The van der Waals surface area contributed by atoms with E-state index in [0.29, 0.717) is 11.4 Å². The van der Waals surface area contributed by atoms with Crippen LogP contribution >= 0.6 is 0 Å². The van der Waals surface area contributed by atoms with Gasteiger partial charge >= 0.3 is 0 Å². The van der Waals surface area contributed by atoms with Crippen LogP contribution in [0.1, 0.15) is 51.9 Å². The van der Waals surface area contributed by atoms with Crippen molar-refractivity contribution in [2.24, 2.45) is 0 Å². The normalized spacial score (nSPS) is 21.6. The molecule has 1 unspecified atom stereocenters. The molecule has 0 spiro atoms. The first-order valence-corrected chi connectivity index (χ1v) is 9.32. The quantitative estimate of drug-likeness (QED) is 0.613. The average Bonchev–Trinajstić information content (AvgIpc) is 2.81. The first kappa shape index (κ1) is 18.4. The van der Waals surface area contributed by atoms with Crippen LogP contribution in [0.4, 0.5) is 5.69 Å². The highest BCUT2D eigenvalue weighted by Crippen LogP contribution is 2.31. The Hall–Kier alpha value is -2.37. The minimum absolute atomic E-state index is 0.0487. The van der Waals surface area contributed by atoms with Gasteiger partial charge in [0.05, 0.1) is 19.2 Å². The van der Waals surface area contributed by atoms with Crippen LogP contribution in [-0.4, -0.2) is 41.8 Å². The highest BCUT2D eigenvalue weighted by atomic mass is 16.5. The lowest BCUT2D eigenvalue weighted by atomic mass is 10.0. The molecule has 6 heteroatoms. The van der Waals surface area contributed by atoms with Crippen LogP contribution in [0.15, 0.2) is 24.3 Å². The molecule has 3 rings (SSSR count). The fourth-order valence-corrected chi connectivity index (χ4v) is 4.10. The first-order valence-electron chi connectivity index (χ1n) is 9.32. The summed E-state index contributed by atoms with van der Waals surface area (Å²) >= 11 is 0. The van der Waals surface area contributed by atoms with Crippen LogP contribution < -0.4 is 9.64 Å². The largest absolute Gasteiger partial charge is 0.497 e. The summed E-state index contributed by atoms with van der Waals surface area (Å²) < 4.78 is 5.13. The molecule has 26 heavy (non-hydrogen) atoms. The fourth-order valence-electron chi connectivity index (χ4n) is 4.10. The SMILES string of the molecule is COc1ccc(N2C(=O)CC(N(C(C)=O)C3CCCCCC3)C2=O)cc1. The van der Waals surface area contributed by atoms with Crippen molar-refractivity contribution in [2.45, 2.75) is 64.0 Å². The molecule has 1 aromatic rings. The third kappa shape index (κ3) is 3.59. The van der Waals surface area contributed by atoms with Gasteiger partial charge in [-0.2, -0.15) is 0 Å². The number of imide groups is 1. The number of methoxy groups -OCH3 is 1. The Morgan fingerprint density at radius 2 is 1.69 bits per heavy atom. The highest BCUT2D eigenvalue weighted by Gasteiger charge is 2.45. The number of benzene rings is 1. The predicted molar refractivity (Wildman–Crippen MR) is 97.9 cm³/mol. The van der Waals surface area contributed by atoms with E-state index in [9.17, 15) is 14.4 Å². The molecule has 2 aliphatic rings. The molecular weight excluding hydrogens is 332 g/mol. The minimum atomic E-state index is -0.690. The number of carbonyl (C=O) groups excluding carboxylic acids is 3. The van der Waals surface area contributed by atoms with Crippen molar-refractivity contribution in [3.8, 4) is 5.75 Å². The van der Waals surface area contributed by atoms with E-state index in [-0.39, 0.29) is 30.2 Å². The van der Waals surface area contributed by atoms with Crippen LogP contribution in [0.3, 0.4) is 0 Å². The Labute approximate surface area is 154 Å². The number of carbonyl (C=O) groups is 3. The number of rotatable bonds is 4. The lowest BCUT2D eigenvalue weighted by molar-refractivity contribution is -0.139. The van der Waals surface area contributed by atoms with Gasteiger partial charge in [0.1, 0.15) is 11.8 Å². The summed E-state index contributed by atoms with van der Waals surface area (Å²) in [7, 11) is 1.56. The molecule has 1 atom stereocenters. The van der Waals surface area contributed by atoms with E-state index in [1.807, 2.05) is 0 Å². The molecule has 2 fully saturated rings. The van der Waals surface area contributed by atoms with Crippen molar-refractivity contribution < 1.29 is 19.1 Å². The zero-order chi connectivity index (χ0) is 18.7. The smallest absolute Gasteiger partial charge is 0.257 e. The second kappa shape index (κ2) is 7.89. The Morgan fingerprint density at radius 1 is 1.08 bits per heavy atom. The number of nitrogens with zero attached hydrogens (tertiary/aromatic N) is 2. The third-order valence-corrected chi connectivity index (χ3v) is 5.37. The molecular formula is C20H26N2O4. The van der Waals surface area contributed by atoms with E-state index in [2.05, 4.69) is 0 Å². The molecule has 3 amide bonds. The maximum atomic E-state index is 13.0. The molecule has 0 radical (unpaired) electrons. The number of hydrogen-bond donors (Lipinski definition) is 0. The van der Waals surface area contributed by atoms with Gasteiger partial charge in [0.25, 0.3) is 5.91 Å². The number of amides is 3. The molecule has 0 bridgehead atoms. The van der Waals surface area contributed by atoms with Crippen molar-refractivity contribution >= 4 is 23.4 Å². The summed E-state index contributed by atoms with van der Waals surface area (Å²) in [5.74, 6) is -0.0301. The average molecular weight is 358 g/mol. The molecule has 140 valence electrons. The van der Waals surface area contributed by atoms with E-state index in [1.54, 1.807) is 36.3 Å². The molecule has 0 N–H and O–H groups in total. The van der Waals surface area contributed by atoms with E-state index < -0.39 is 6.04 Å². The molecule has 1 aromatic carbocycles. The van der Waals surface area contributed by atoms with E-state index in [1.165, 1.54) is 11.8 Å². The van der Waals surface area contributed by atoms with Crippen molar-refractivity contribution in [3.63, 3.8) is 0 Å². The van der Waals surface area contributed by atoms with Gasteiger partial charge in [0.15, 0.2) is 0 Å². The predicted octanol–water partition coefficient (Wildman–Crippen LogP) is 2.90. The Balaban J connectivity index is 1.84. The fraction of sp³-hybridized carbons (Fsp3) is 0.550. The highest BCUT2D eigenvalue weighted by molar-refractivity contribution is 6.23. The number of anilines is 1. The maximum Gasteiger partial charge on any atom is 0.257 e. The molecule has 1 saturated carbocycles. The lowest BCUT2D eigenvalue weighted by Crippen LogP contribution is -2.49. The molecule has 6 nitrogen and oxygen atoms in total. The standard InChI is InChI=1S/C20H26N2O4/c1-14(23)21(15-7-5-3-4-6-8-15)18-13-19(24)22(20(18)25)16-9-11-17(26-2)12-10-16/h9-12,15,18H,3-8,13H2,1-2H3. The summed E-state index contributed by atoms with van der Waals surface area (Å²) in [6, 6.07) is 6.19. The minimum Gasteiger partial charge on any atom is -0.497 e. The van der Waals surface area contributed by atoms with Gasteiger partial charge in [0.2, 0.25) is 11.8 Å². The molecule has 1 saturated heterocycles. The summed E-state index contributed by atoms with van der Waals surface area (Å²) in [5, 5.41) is 0. The number of ether oxygens (including phenoxy) is 1. The van der Waals surface area contributed by atoms with E-state index >= 15 is 0 Å². The van der Waals surface area contributed by atoms with Crippen LogP contribution in [-0.2, 0) is 14.4 Å². The van der Waals surface area contributed by atoms with Crippen LogP contribution in [0, 0.1) is 0 Å². The Bertz CT molecular complexity index is 678. The van der Waals surface area contributed by atoms with Gasteiger partial charge in [-0.25, -0.2) is 4.90 Å². The van der Waals surface area contributed by atoms with Gasteiger partial charge in [-0.1, -0.05) is 25.7 Å². The second-order valence-corrected chi connectivity index (χ2v) is 7.06. The van der Waals surface area contributed by atoms with Gasteiger partial charge in [-0.05, 0) is 37.1 Å². The summed E-state index contributed by atoms with van der Waals surface area (Å²) in [4.78, 5) is 40.8. The Kier molecular flexibility index (Phi) is 5.59. The summed E-state index contributed by atoms with van der Waals surface area (Å²) in [6.07, 6.45) is 6.31. The summed E-state index contributed by atoms with van der Waals surface area (Å²) in [5.41, 5.74) is 0.521. The molecule has 1 aliphatic carbocycles. The van der Waals surface area contributed by atoms with Gasteiger partial charge in [0, 0.05) is 13.0 Å². The Morgan fingerprint density at radius 3 is 2.23 bits per heavy atom. The van der Waals surface area contributed by atoms with E-state index in [0.717, 1.165) is 38.5 Å². The van der Waals surface area contributed by atoms with Gasteiger partial charge in [-0.3, -0.25) is 14.4 Å². The van der Waals surface area contributed by atoms with Crippen molar-refractivity contribution in [1.29, 1.82) is 0 Å². The first-order chi connectivity index (χ1) is 12.5. The zero-order valence-corrected chi connectivity index (χ0v) is 15.4. The van der Waals surface area contributed by atoms with Gasteiger partial charge < -0.3 is 9.64 Å². The molecule has 0 aromatic heterocycles. The topological polar surface area (TPSA) is 66.9 Å². The number of hydrogen-bond acceptors (Lipinski definition) is 4. The van der Waals surface area contributed by atoms with Crippen molar-refractivity contribution in [1.82, 2.24) is 4.90 Å². The van der Waals surface area contributed by atoms with Crippen molar-refractivity contribution in [2.75, 3.05) is 12.0 Å². The third-order valence-electron chi connectivity index (χ3n) is 5.37. The van der Waals surface area contributed by atoms with Gasteiger partial charge in [-0.15, -0.1) is 0 Å². The monoisotopic (exact) mass is 358 g/mol. The lowest BCUT2D eigenvalue weighted by Gasteiger charge is -2.34. The van der Waals surface area contributed by atoms with Crippen LogP contribution in [0.25, 0.3) is 0 Å². The van der Waals surface area contributed by atoms with E-state index in [4.69, 9.17) is 4.74 Å². The molecule has 1 aliphatic heterocycles. The zero-order valence-electron chi connectivity index (χ0n) is 15.4. The second-order valence-electron chi connectivity index (χ2n) is 7.06.